The van der Waals surface area contributed by atoms with Gasteiger partial charge in [-0.1, -0.05) is 30.3 Å². The Morgan fingerprint density at radius 1 is 1.26 bits per heavy atom. The summed E-state index contributed by atoms with van der Waals surface area (Å²) in [5.41, 5.74) is 4.59. The van der Waals surface area contributed by atoms with Crippen molar-refractivity contribution in [2.24, 2.45) is 0 Å². The fraction of sp³-hybridized carbons (Fsp3) is 0.483. The first-order valence-corrected chi connectivity index (χ1v) is 12.5. The molecule has 1 saturated heterocycles. The van der Waals surface area contributed by atoms with Crippen LogP contribution in [0, 0.1) is 19.7 Å². The molecular weight excluding hydrogens is 445 g/mol. The highest BCUT2D eigenvalue weighted by Gasteiger charge is 2.27. The van der Waals surface area contributed by atoms with Crippen LogP contribution < -0.4 is 0 Å². The quantitative estimate of drug-likeness (QED) is 0.353. The zero-order chi connectivity index (χ0) is 25.4. The molecule has 6 heteroatoms. The minimum absolute atomic E-state index is 0.165. The minimum atomic E-state index is -0.629. The maximum atomic E-state index is 14.0. The van der Waals surface area contributed by atoms with Crippen molar-refractivity contribution >= 4 is 12.0 Å². The fourth-order valence-corrected chi connectivity index (χ4v) is 4.82. The molecule has 0 saturated carbocycles. The van der Waals surface area contributed by atoms with Gasteiger partial charge >= 0.3 is 5.97 Å². The monoisotopic (exact) mass is 483 g/mol. The first-order chi connectivity index (χ1) is 16.8. The van der Waals surface area contributed by atoms with E-state index in [1.165, 1.54) is 6.08 Å². The van der Waals surface area contributed by atoms with Gasteiger partial charge in [-0.25, -0.2) is 9.18 Å². The molecule has 2 aromatic rings. The van der Waals surface area contributed by atoms with E-state index in [1.807, 2.05) is 44.2 Å². The van der Waals surface area contributed by atoms with E-state index in [-0.39, 0.29) is 24.5 Å². The molecule has 0 aliphatic carbocycles. The van der Waals surface area contributed by atoms with Gasteiger partial charge in [-0.05, 0) is 93.5 Å². The highest BCUT2D eigenvalue weighted by molar-refractivity contribution is 5.87. The van der Waals surface area contributed by atoms with E-state index in [1.54, 1.807) is 26.0 Å². The van der Waals surface area contributed by atoms with Crippen LogP contribution >= 0.6 is 0 Å². The number of benzene rings is 2. The third-order valence-corrected chi connectivity index (χ3v) is 6.64. The van der Waals surface area contributed by atoms with Crippen LogP contribution in [0.3, 0.4) is 0 Å². The van der Waals surface area contributed by atoms with Gasteiger partial charge in [0.15, 0.2) is 0 Å². The number of aliphatic hydroxyl groups excluding tert-OH is 1. The number of carbonyl (C=O) groups excluding carboxylic acids is 1. The van der Waals surface area contributed by atoms with Crippen molar-refractivity contribution < 1.29 is 23.8 Å². The Morgan fingerprint density at radius 3 is 2.80 bits per heavy atom. The summed E-state index contributed by atoms with van der Waals surface area (Å²) in [5, 5.41) is 10.7. The number of β-amino-alcohol motifs (C(OH)–C–C–N with tert-alkyl or cyclic N) is 1. The maximum absolute atomic E-state index is 14.0. The van der Waals surface area contributed by atoms with E-state index in [4.69, 9.17) is 9.47 Å². The van der Waals surface area contributed by atoms with Crippen LogP contribution in [0.15, 0.2) is 42.5 Å². The van der Waals surface area contributed by atoms with E-state index in [0.29, 0.717) is 24.8 Å². The lowest BCUT2D eigenvalue weighted by Crippen LogP contribution is -2.39. The predicted octanol–water partition coefficient (Wildman–Crippen LogP) is 5.16. The van der Waals surface area contributed by atoms with Crippen LogP contribution in [0.1, 0.15) is 60.6 Å². The third kappa shape index (κ3) is 7.72. The summed E-state index contributed by atoms with van der Waals surface area (Å²) in [6.07, 6.45) is 5.19. The topological polar surface area (TPSA) is 59.0 Å². The van der Waals surface area contributed by atoms with Gasteiger partial charge < -0.3 is 14.6 Å². The summed E-state index contributed by atoms with van der Waals surface area (Å²) in [7, 11) is 0. The molecule has 1 fully saturated rings. The van der Waals surface area contributed by atoms with Crippen molar-refractivity contribution in [2.45, 2.75) is 65.2 Å². The summed E-state index contributed by atoms with van der Waals surface area (Å²) in [6.45, 7) is 9.51. The lowest BCUT2D eigenvalue weighted by molar-refractivity contribution is -0.137. The van der Waals surface area contributed by atoms with E-state index in [9.17, 15) is 14.3 Å². The van der Waals surface area contributed by atoms with Gasteiger partial charge in [0, 0.05) is 18.7 Å². The van der Waals surface area contributed by atoms with E-state index >= 15 is 0 Å². The number of carbonyl (C=O) groups is 1. The molecule has 3 atom stereocenters. The first-order valence-electron chi connectivity index (χ1n) is 12.5. The van der Waals surface area contributed by atoms with Gasteiger partial charge in [-0.15, -0.1) is 0 Å². The molecule has 0 spiro atoms. The summed E-state index contributed by atoms with van der Waals surface area (Å²) in [6, 6.07) is 11.6. The largest absolute Gasteiger partial charge is 0.463 e. The Kier molecular flexibility index (Phi) is 10.0. The number of hydrogen-bond acceptors (Lipinski definition) is 5. The number of halogens is 1. The maximum Gasteiger partial charge on any atom is 0.330 e. The Balaban J connectivity index is 1.57. The Morgan fingerprint density at radius 2 is 2.06 bits per heavy atom. The van der Waals surface area contributed by atoms with Gasteiger partial charge in [-0.3, -0.25) is 4.90 Å². The van der Waals surface area contributed by atoms with Crippen LogP contribution in [0.25, 0.3) is 6.08 Å². The molecular formula is C29H38FNO4. The summed E-state index contributed by atoms with van der Waals surface area (Å²) in [5.74, 6) is -0.542. The van der Waals surface area contributed by atoms with Crippen molar-refractivity contribution in [3.63, 3.8) is 0 Å². The van der Waals surface area contributed by atoms with Crippen LogP contribution in [-0.2, 0) is 20.7 Å². The molecule has 35 heavy (non-hydrogen) atoms. The van der Waals surface area contributed by atoms with E-state index < -0.39 is 6.10 Å². The molecule has 1 N–H and O–H groups in total. The molecule has 1 aliphatic heterocycles. The molecule has 0 bridgehead atoms. The number of aryl methyl sites for hydroxylation is 2. The summed E-state index contributed by atoms with van der Waals surface area (Å²) < 4.78 is 25.0. The van der Waals surface area contributed by atoms with Crippen LogP contribution in [0.5, 0.6) is 0 Å². The number of aliphatic hydroxyl groups is 1. The number of rotatable bonds is 11. The lowest BCUT2D eigenvalue weighted by Gasteiger charge is -2.28. The Hall–Kier alpha value is -2.54. The molecule has 2 aromatic carbocycles. The smallest absolute Gasteiger partial charge is 0.330 e. The molecule has 1 aliphatic rings. The van der Waals surface area contributed by atoms with Crippen molar-refractivity contribution in [3.05, 3.63) is 76.1 Å². The van der Waals surface area contributed by atoms with Gasteiger partial charge in [0.1, 0.15) is 5.82 Å². The third-order valence-electron chi connectivity index (χ3n) is 6.64. The average molecular weight is 484 g/mol. The second kappa shape index (κ2) is 13.0. The van der Waals surface area contributed by atoms with Crippen LogP contribution in [0.2, 0.25) is 0 Å². The van der Waals surface area contributed by atoms with Gasteiger partial charge in [-0.2, -0.15) is 0 Å². The fourth-order valence-electron chi connectivity index (χ4n) is 4.82. The lowest BCUT2D eigenvalue weighted by atomic mass is 9.97. The highest BCUT2D eigenvalue weighted by atomic mass is 19.1. The number of nitrogens with zero attached hydrogens (tertiary/aromatic N) is 1. The molecule has 3 rings (SSSR count). The zero-order valence-corrected chi connectivity index (χ0v) is 21.3. The van der Waals surface area contributed by atoms with Crippen molar-refractivity contribution in [3.8, 4) is 0 Å². The minimum Gasteiger partial charge on any atom is -0.463 e. The predicted molar refractivity (Wildman–Crippen MR) is 137 cm³/mol. The van der Waals surface area contributed by atoms with Crippen molar-refractivity contribution in [1.29, 1.82) is 0 Å². The highest BCUT2D eigenvalue weighted by Crippen LogP contribution is 2.27. The van der Waals surface area contributed by atoms with Crippen molar-refractivity contribution in [2.75, 3.05) is 26.3 Å². The molecule has 1 heterocycles. The van der Waals surface area contributed by atoms with E-state index in [2.05, 4.69) is 4.90 Å². The van der Waals surface area contributed by atoms with Crippen molar-refractivity contribution in [1.82, 2.24) is 4.90 Å². The molecule has 1 unspecified atom stereocenters. The average Bonchev–Trinajstić information content (AvgIpc) is 3.25. The second-order valence-corrected chi connectivity index (χ2v) is 9.37. The normalized spacial score (nSPS) is 18.2. The van der Waals surface area contributed by atoms with Crippen LogP contribution in [0.4, 0.5) is 4.39 Å². The second-order valence-electron chi connectivity index (χ2n) is 9.37. The van der Waals surface area contributed by atoms with Gasteiger partial charge in [0.2, 0.25) is 0 Å². The zero-order valence-electron chi connectivity index (χ0n) is 21.3. The Bertz CT molecular complexity index is 1020. The van der Waals surface area contributed by atoms with Gasteiger partial charge in [0.25, 0.3) is 0 Å². The number of hydrogen-bond donors (Lipinski definition) is 1. The first kappa shape index (κ1) is 27.1. The standard InChI is InChI=1S/C29H38FNO4/c1-5-34-28(33)14-13-24-9-6-8-21(3)29(24)22(4)35-19-26(32)18-31-15-7-10-25(31)16-23-12-11-20(2)27(30)17-23/h6,8-9,11-14,17,22,25-26,32H,5,7,10,15-16,18-19H2,1-4H3/t22?,25-,26+/m0/s1. The Labute approximate surface area is 208 Å². The van der Waals surface area contributed by atoms with Gasteiger partial charge in [0.05, 0.1) is 25.4 Å². The number of ether oxygens (including phenoxy) is 2. The number of esters is 1. The summed E-state index contributed by atoms with van der Waals surface area (Å²) in [4.78, 5) is 14.0. The van der Waals surface area contributed by atoms with E-state index in [0.717, 1.165) is 48.1 Å². The molecule has 0 radical (unpaired) electrons. The molecule has 190 valence electrons. The number of likely N-dealkylation sites (tertiary alicyclic amines) is 1. The molecule has 0 aromatic heterocycles. The molecule has 5 nitrogen and oxygen atoms in total. The molecule has 0 amide bonds. The SMILES string of the molecule is CCOC(=O)C=Cc1cccc(C)c1C(C)OC[C@H](O)CN1CCC[C@H]1Cc1ccc(C)c(F)c1. The summed E-state index contributed by atoms with van der Waals surface area (Å²) >= 11 is 0. The van der Waals surface area contributed by atoms with Crippen LogP contribution in [-0.4, -0.2) is 54.4 Å².